The summed E-state index contributed by atoms with van der Waals surface area (Å²) in [5.41, 5.74) is 1.66. The van der Waals surface area contributed by atoms with E-state index in [-0.39, 0.29) is 12.3 Å². The van der Waals surface area contributed by atoms with E-state index < -0.39 is 5.97 Å². The van der Waals surface area contributed by atoms with E-state index in [0.29, 0.717) is 12.2 Å². The zero-order valence-corrected chi connectivity index (χ0v) is 12.2. The van der Waals surface area contributed by atoms with Gasteiger partial charge in [-0.2, -0.15) is 0 Å². The van der Waals surface area contributed by atoms with Crippen LogP contribution in [0.25, 0.3) is 0 Å². The lowest BCUT2D eigenvalue weighted by atomic mass is 10.2. The third-order valence-corrected chi connectivity index (χ3v) is 3.01. The van der Waals surface area contributed by atoms with E-state index in [9.17, 15) is 4.79 Å². The number of carbonyl (C=O) groups excluding carboxylic acids is 1. The number of hydrogen-bond donors (Lipinski definition) is 0. The Morgan fingerprint density at radius 2 is 2.00 bits per heavy atom. The maximum absolute atomic E-state index is 11.7. The standard InChI is InChI=1S/C14H17N3O4/c1-19-9-11-13(14(18)21-3)15-16-17(11)8-10-6-4-5-7-12(10)20-2/h4-7H,8-9H2,1-3H3. The minimum atomic E-state index is -0.534. The Bertz CT molecular complexity index is 624. The molecule has 0 saturated heterocycles. The topological polar surface area (TPSA) is 75.5 Å². The van der Waals surface area contributed by atoms with Crippen LogP contribution in [-0.4, -0.2) is 42.3 Å². The molecule has 21 heavy (non-hydrogen) atoms. The highest BCUT2D eigenvalue weighted by atomic mass is 16.5. The SMILES string of the molecule is COCc1c(C(=O)OC)nnn1Cc1ccccc1OC. The summed E-state index contributed by atoms with van der Waals surface area (Å²) in [4.78, 5) is 11.7. The van der Waals surface area contributed by atoms with Gasteiger partial charge in [0, 0.05) is 12.7 Å². The van der Waals surface area contributed by atoms with Crippen molar-refractivity contribution in [2.45, 2.75) is 13.2 Å². The quantitative estimate of drug-likeness (QED) is 0.746. The number of ether oxygens (including phenoxy) is 3. The number of carbonyl (C=O) groups is 1. The Labute approximate surface area is 122 Å². The van der Waals surface area contributed by atoms with E-state index in [4.69, 9.17) is 14.2 Å². The van der Waals surface area contributed by atoms with Gasteiger partial charge >= 0.3 is 5.97 Å². The van der Waals surface area contributed by atoms with E-state index in [2.05, 4.69) is 10.3 Å². The number of esters is 1. The van der Waals surface area contributed by atoms with Gasteiger partial charge in [-0.3, -0.25) is 0 Å². The van der Waals surface area contributed by atoms with Crippen LogP contribution in [0.1, 0.15) is 21.7 Å². The summed E-state index contributed by atoms with van der Waals surface area (Å²) in [5, 5.41) is 7.88. The second-order valence-corrected chi connectivity index (χ2v) is 4.28. The van der Waals surface area contributed by atoms with Gasteiger partial charge in [-0.15, -0.1) is 5.10 Å². The summed E-state index contributed by atoms with van der Waals surface area (Å²) in [6, 6.07) is 7.59. The van der Waals surface area contributed by atoms with Crippen molar-refractivity contribution in [1.82, 2.24) is 15.0 Å². The average molecular weight is 291 g/mol. The first kappa shape index (κ1) is 15.0. The number of nitrogens with zero attached hydrogens (tertiary/aromatic N) is 3. The maximum Gasteiger partial charge on any atom is 0.360 e. The molecule has 2 aromatic rings. The molecule has 0 aliphatic carbocycles. The van der Waals surface area contributed by atoms with E-state index in [1.807, 2.05) is 24.3 Å². The molecule has 112 valence electrons. The Morgan fingerprint density at radius 3 is 2.67 bits per heavy atom. The molecule has 0 amide bonds. The number of methoxy groups -OCH3 is 3. The third-order valence-electron chi connectivity index (χ3n) is 3.01. The van der Waals surface area contributed by atoms with Crippen molar-refractivity contribution in [2.24, 2.45) is 0 Å². The smallest absolute Gasteiger partial charge is 0.360 e. The number of hydrogen-bond acceptors (Lipinski definition) is 6. The van der Waals surface area contributed by atoms with Crippen molar-refractivity contribution in [3.8, 4) is 5.75 Å². The molecular formula is C14H17N3O4. The molecule has 7 heteroatoms. The molecule has 0 atom stereocenters. The van der Waals surface area contributed by atoms with Gasteiger partial charge in [-0.1, -0.05) is 23.4 Å². The molecule has 0 spiro atoms. The molecule has 1 aromatic heterocycles. The first-order valence-corrected chi connectivity index (χ1v) is 6.32. The zero-order chi connectivity index (χ0) is 15.2. The molecule has 1 heterocycles. The fourth-order valence-electron chi connectivity index (χ4n) is 1.99. The van der Waals surface area contributed by atoms with Crippen molar-refractivity contribution in [3.05, 3.63) is 41.2 Å². The monoisotopic (exact) mass is 291 g/mol. The van der Waals surface area contributed by atoms with Gasteiger partial charge < -0.3 is 14.2 Å². The molecule has 0 bridgehead atoms. The first-order chi connectivity index (χ1) is 10.2. The number of para-hydroxylation sites is 1. The van der Waals surface area contributed by atoms with Gasteiger partial charge in [0.25, 0.3) is 0 Å². The number of aromatic nitrogens is 3. The molecule has 0 radical (unpaired) electrons. The van der Waals surface area contributed by atoms with Crippen molar-refractivity contribution in [2.75, 3.05) is 21.3 Å². The largest absolute Gasteiger partial charge is 0.496 e. The molecule has 0 aliphatic heterocycles. The minimum absolute atomic E-state index is 0.161. The van der Waals surface area contributed by atoms with E-state index in [0.717, 1.165) is 11.3 Å². The highest BCUT2D eigenvalue weighted by Gasteiger charge is 2.20. The Morgan fingerprint density at radius 1 is 1.24 bits per heavy atom. The maximum atomic E-state index is 11.7. The van der Waals surface area contributed by atoms with E-state index >= 15 is 0 Å². The molecule has 0 fully saturated rings. The summed E-state index contributed by atoms with van der Waals surface area (Å²) in [5.74, 6) is 0.212. The lowest BCUT2D eigenvalue weighted by Gasteiger charge is -2.10. The third kappa shape index (κ3) is 3.19. The molecule has 2 rings (SSSR count). The lowest BCUT2D eigenvalue weighted by molar-refractivity contribution is 0.0588. The summed E-state index contributed by atoms with van der Waals surface area (Å²) in [7, 11) is 4.45. The Hall–Kier alpha value is -2.41. The lowest BCUT2D eigenvalue weighted by Crippen LogP contribution is -2.11. The molecule has 0 aliphatic rings. The van der Waals surface area contributed by atoms with Crippen molar-refractivity contribution < 1.29 is 19.0 Å². The average Bonchev–Trinajstić information content (AvgIpc) is 2.90. The summed E-state index contributed by atoms with van der Waals surface area (Å²) >= 11 is 0. The summed E-state index contributed by atoms with van der Waals surface area (Å²) < 4.78 is 16.7. The highest BCUT2D eigenvalue weighted by molar-refractivity contribution is 5.88. The van der Waals surface area contributed by atoms with E-state index in [1.165, 1.54) is 7.11 Å². The van der Waals surface area contributed by atoms with Crippen LogP contribution in [0, 0.1) is 0 Å². The van der Waals surface area contributed by atoms with Crippen LogP contribution in [0.15, 0.2) is 24.3 Å². The predicted octanol–water partition coefficient (Wildman–Crippen LogP) is 1.27. The Balaban J connectivity index is 2.35. The predicted molar refractivity (Wildman–Crippen MR) is 74.2 cm³/mol. The van der Waals surface area contributed by atoms with Crippen molar-refractivity contribution in [1.29, 1.82) is 0 Å². The second kappa shape index (κ2) is 6.85. The van der Waals surface area contributed by atoms with Crippen LogP contribution in [0.2, 0.25) is 0 Å². The molecule has 0 unspecified atom stereocenters. The molecule has 0 saturated carbocycles. The van der Waals surface area contributed by atoms with Crippen LogP contribution < -0.4 is 4.74 Å². The first-order valence-electron chi connectivity index (χ1n) is 6.32. The summed E-state index contributed by atoms with van der Waals surface area (Å²) in [6.07, 6.45) is 0. The van der Waals surface area contributed by atoms with Crippen LogP contribution in [-0.2, 0) is 22.6 Å². The van der Waals surface area contributed by atoms with Gasteiger partial charge in [0.05, 0.1) is 33.1 Å². The van der Waals surface area contributed by atoms with Crippen LogP contribution in [0.4, 0.5) is 0 Å². The summed E-state index contributed by atoms with van der Waals surface area (Å²) in [6.45, 7) is 0.638. The minimum Gasteiger partial charge on any atom is -0.496 e. The number of benzene rings is 1. The fourth-order valence-corrected chi connectivity index (χ4v) is 1.99. The van der Waals surface area contributed by atoms with Crippen LogP contribution in [0.3, 0.4) is 0 Å². The van der Waals surface area contributed by atoms with Gasteiger partial charge in [0.1, 0.15) is 5.75 Å². The molecule has 7 nitrogen and oxygen atoms in total. The van der Waals surface area contributed by atoms with Crippen molar-refractivity contribution in [3.63, 3.8) is 0 Å². The van der Waals surface area contributed by atoms with Crippen LogP contribution in [0.5, 0.6) is 5.75 Å². The van der Waals surface area contributed by atoms with E-state index in [1.54, 1.807) is 18.9 Å². The van der Waals surface area contributed by atoms with Crippen LogP contribution >= 0.6 is 0 Å². The van der Waals surface area contributed by atoms with Gasteiger partial charge in [-0.25, -0.2) is 9.48 Å². The molecule has 1 aromatic carbocycles. The highest BCUT2D eigenvalue weighted by Crippen LogP contribution is 2.19. The zero-order valence-electron chi connectivity index (χ0n) is 12.2. The fraction of sp³-hybridized carbons (Fsp3) is 0.357. The normalized spacial score (nSPS) is 10.4. The second-order valence-electron chi connectivity index (χ2n) is 4.28. The molecule has 0 N–H and O–H groups in total. The number of rotatable bonds is 6. The van der Waals surface area contributed by atoms with Gasteiger partial charge in [-0.05, 0) is 6.07 Å². The molecular weight excluding hydrogens is 274 g/mol. The van der Waals surface area contributed by atoms with Gasteiger partial charge in [0.15, 0.2) is 5.69 Å². The van der Waals surface area contributed by atoms with Crippen molar-refractivity contribution >= 4 is 5.97 Å². The van der Waals surface area contributed by atoms with Gasteiger partial charge in [0.2, 0.25) is 0 Å². The Kier molecular flexibility index (Phi) is 4.89.